The van der Waals surface area contributed by atoms with Crippen LogP contribution in [0.15, 0.2) is 42.6 Å². The highest BCUT2D eigenvalue weighted by molar-refractivity contribution is 5.93. The Hall–Kier alpha value is -2.36. The molecule has 0 saturated heterocycles. The molecule has 2 rings (SSSR count). The van der Waals surface area contributed by atoms with Gasteiger partial charge in [0.1, 0.15) is 5.75 Å². The Balaban J connectivity index is 2.04. The Morgan fingerprint density at radius 1 is 1.20 bits per heavy atom. The molecule has 1 heterocycles. The normalized spacial score (nSPS) is 10.1. The first-order chi connectivity index (χ1) is 9.72. The SMILES string of the molecule is CCCc1ccc(Oc2ccc(C(=O)NC)cn2)cc1. The van der Waals surface area contributed by atoms with Crippen molar-refractivity contribution in [1.82, 2.24) is 10.3 Å². The molecule has 0 unspecified atom stereocenters. The van der Waals surface area contributed by atoms with Gasteiger partial charge in [0.15, 0.2) is 0 Å². The zero-order valence-electron chi connectivity index (χ0n) is 11.7. The smallest absolute Gasteiger partial charge is 0.252 e. The van der Waals surface area contributed by atoms with Gasteiger partial charge in [0, 0.05) is 19.3 Å². The standard InChI is InChI=1S/C16H18N2O2/c1-3-4-12-5-8-14(9-6-12)20-15-10-7-13(11-18-15)16(19)17-2/h5-11H,3-4H2,1-2H3,(H,17,19). The van der Waals surface area contributed by atoms with E-state index in [1.165, 1.54) is 11.8 Å². The lowest BCUT2D eigenvalue weighted by Gasteiger charge is -2.06. The molecule has 1 amide bonds. The minimum absolute atomic E-state index is 0.159. The molecule has 4 heteroatoms. The molecule has 0 fully saturated rings. The van der Waals surface area contributed by atoms with E-state index >= 15 is 0 Å². The fraction of sp³-hybridized carbons (Fsp3) is 0.250. The molecular formula is C16H18N2O2. The van der Waals surface area contributed by atoms with Gasteiger partial charge in [0.25, 0.3) is 5.91 Å². The van der Waals surface area contributed by atoms with Gasteiger partial charge in [0.2, 0.25) is 5.88 Å². The van der Waals surface area contributed by atoms with Crippen molar-refractivity contribution in [2.75, 3.05) is 7.05 Å². The maximum absolute atomic E-state index is 11.4. The van der Waals surface area contributed by atoms with Crippen LogP contribution in [0.5, 0.6) is 11.6 Å². The van der Waals surface area contributed by atoms with Crippen molar-refractivity contribution in [1.29, 1.82) is 0 Å². The number of nitrogens with zero attached hydrogens (tertiary/aromatic N) is 1. The summed E-state index contributed by atoms with van der Waals surface area (Å²) in [5.74, 6) is 1.05. The molecule has 0 spiro atoms. The molecule has 0 aliphatic heterocycles. The van der Waals surface area contributed by atoms with Crippen LogP contribution in [0.1, 0.15) is 29.3 Å². The van der Waals surface area contributed by atoms with Crippen molar-refractivity contribution in [3.63, 3.8) is 0 Å². The lowest BCUT2D eigenvalue weighted by atomic mass is 10.1. The summed E-state index contributed by atoms with van der Waals surface area (Å²) in [4.78, 5) is 15.5. The van der Waals surface area contributed by atoms with Crippen molar-refractivity contribution < 1.29 is 9.53 Å². The third-order valence-corrected chi connectivity index (χ3v) is 2.91. The van der Waals surface area contributed by atoms with E-state index in [9.17, 15) is 4.79 Å². The maximum atomic E-state index is 11.4. The predicted octanol–water partition coefficient (Wildman–Crippen LogP) is 3.19. The van der Waals surface area contributed by atoms with Crippen LogP contribution in [0.4, 0.5) is 0 Å². The van der Waals surface area contributed by atoms with Crippen LogP contribution in [-0.2, 0) is 6.42 Å². The Morgan fingerprint density at radius 2 is 1.95 bits per heavy atom. The fourth-order valence-electron chi connectivity index (χ4n) is 1.85. The summed E-state index contributed by atoms with van der Waals surface area (Å²) >= 11 is 0. The van der Waals surface area contributed by atoms with Gasteiger partial charge >= 0.3 is 0 Å². The summed E-state index contributed by atoms with van der Waals surface area (Å²) in [5, 5.41) is 2.55. The zero-order chi connectivity index (χ0) is 14.4. The number of aryl methyl sites for hydroxylation is 1. The van der Waals surface area contributed by atoms with Crippen molar-refractivity contribution in [3.05, 3.63) is 53.7 Å². The monoisotopic (exact) mass is 270 g/mol. The van der Waals surface area contributed by atoms with E-state index in [4.69, 9.17) is 4.74 Å². The van der Waals surface area contributed by atoms with Crippen molar-refractivity contribution >= 4 is 5.91 Å². The van der Waals surface area contributed by atoms with Gasteiger partial charge in [0.05, 0.1) is 5.56 Å². The second-order valence-electron chi connectivity index (χ2n) is 4.46. The molecule has 0 bridgehead atoms. The first kappa shape index (κ1) is 14.1. The molecular weight excluding hydrogens is 252 g/mol. The minimum Gasteiger partial charge on any atom is -0.439 e. The summed E-state index contributed by atoms with van der Waals surface area (Å²) in [6, 6.07) is 11.3. The topological polar surface area (TPSA) is 51.2 Å². The largest absolute Gasteiger partial charge is 0.439 e. The molecule has 0 aliphatic carbocycles. The molecule has 0 radical (unpaired) electrons. The summed E-state index contributed by atoms with van der Waals surface area (Å²) in [6.07, 6.45) is 3.70. The van der Waals surface area contributed by atoms with Gasteiger partial charge < -0.3 is 10.1 Å². The molecule has 0 saturated carbocycles. The number of benzene rings is 1. The van der Waals surface area contributed by atoms with Gasteiger partial charge in [-0.2, -0.15) is 0 Å². The highest BCUT2D eigenvalue weighted by Gasteiger charge is 2.04. The number of pyridine rings is 1. The summed E-state index contributed by atoms with van der Waals surface area (Å²) < 4.78 is 5.64. The van der Waals surface area contributed by atoms with Gasteiger partial charge in [-0.3, -0.25) is 4.79 Å². The lowest BCUT2D eigenvalue weighted by Crippen LogP contribution is -2.17. The fourth-order valence-corrected chi connectivity index (χ4v) is 1.85. The molecule has 4 nitrogen and oxygen atoms in total. The van der Waals surface area contributed by atoms with E-state index in [1.54, 1.807) is 19.2 Å². The number of carbonyl (C=O) groups excluding carboxylic acids is 1. The molecule has 1 aromatic carbocycles. The average Bonchev–Trinajstić information content (AvgIpc) is 2.49. The second-order valence-corrected chi connectivity index (χ2v) is 4.46. The first-order valence-corrected chi connectivity index (χ1v) is 6.68. The van der Waals surface area contributed by atoms with Crippen LogP contribution in [0, 0.1) is 0 Å². The first-order valence-electron chi connectivity index (χ1n) is 6.68. The number of rotatable bonds is 5. The number of hydrogen-bond acceptors (Lipinski definition) is 3. The molecule has 0 atom stereocenters. The highest BCUT2D eigenvalue weighted by atomic mass is 16.5. The van der Waals surface area contributed by atoms with Crippen LogP contribution >= 0.6 is 0 Å². The number of carbonyl (C=O) groups is 1. The highest BCUT2D eigenvalue weighted by Crippen LogP contribution is 2.20. The number of ether oxygens (including phenoxy) is 1. The maximum Gasteiger partial charge on any atom is 0.252 e. The summed E-state index contributed by atoms with van der Waals surface area (Å²) in [7, 11) is 1.59. The van der Waals surface area contributed by atoms with E-state index in [0.717, 1.165) is 18.6 Å². The molecule has 0 aliphatic rings. The van der Waals surface area contributed by atoms with Gasteiger partial charge in [-0.05, 0) is 30.2 Å². The molecule has 2 aromatic rings. The molecule has 20 heavy (non-hydrogen) atoms. The second kappa shape index (κ2) is 6.70. The van der Waals surface area contributed by atoms with E-state index < -0.39 is 0 Å². The number of nitrogens with one attached hydrogen (secondary N) is 1. The summed E-state index contributed by atoms with van der Waals surface area (Å²) in [6.45, 7) is 2.16. The van der Waals surface area contributed by atoms with Crippen LogP contribution in [0.25, 0.3) is 0 Å². The summed E-state index contributed by atoms with van der Waals surface area (Å²) in [5.41, 5.74) is 1.81. The van der Waals surface area contributed by atoms with E-state index in [0.29, 0.717) is 11.4 Å². The van der Waals surface area contributed by atoms with Crippen LogP contribution < -0.4 is 10.1 Å². The van der Waals surface area contributed by atoms with Crippen LogP contribution in [0.3, 0.4) is 0 Å². The quantitative estimate of drug-likeness (QED) is 0.907. The molecule has 104 valence electrons. The number of hydrogen-bond donors (Lipinski definition) is 1. The van der Waals surface area contributed by atoms with E-state index in [-0.39, 0.29) is 5.91 Å². The Morgan fingerprint density at radius 3 is 2.50 bits per heavy atom. The lowest BCUT2D eigenvalue weighted by molar-refractivity contribution is 0.0962. The molecule has 1 aromatic heterocycles. The van der Waals surface area contributed by atoms with Gasteiger partial charge in [-0.1, -0.05) is 25.5 Å². The number of aromatic nitrogens is 1. The van der Waals surface area contributed by atoms with Gasteiger partial charge in [-0.25, -0.2) is 4.98 Å². The Labute approximate surface area is 118 Å². The average molecular weight is 270 g/mol. The Bertz CT molecular complexity index is 562. The van der Waals surface area contributed by atoms with E-state index in [2.05, 4.69) is 29.4 Å². The molecule has 1 N–H and O–H groups in total. The van der Waals surface area contributed by atoms with Gasteiger partial charge in [-0.15, -0.1) is 0 Å². The number of amides is 1. The van der Waals surface area contributed by atoms with E-state index in [1.807, 2.05) is 12.1 Å². The van der Waals surface area contributed by atoms with Crippen LogP contribution in [-0.4, -0.2) is 17.9 Å². The minimum atomic E-state index is -0.159. The van der Waals surface area contributed by atoms with Crippen LogP contribution in [0.2, 0.25) is 0 Å². The van der Waals surface area contributed by atoms with Crippen molar-refractivity contribution in [2.24, 2.45) is 0 Å². The zero-order valence-corrected chi connectivity index (χ0v) is 11.7. The Kier molecular flexibility index (Phi) is 4.71. The third kappa shape index (κ3) is 3.57. The third-order valence-electron chi connectivity index (χ3n) is 2.91. The van der Waals surface area contributed by atoms with Crippen molar-refractivity contribution in [3.8, 4) is 11.6 Å². The van der Waals surface area contributed by atoms with Crippen molar-refractivity contribution in [2.45, 2.75) is 19.8 Å². The predicted molar refractivity (Wildman–Crippen MR) is 78.1 cm³/mol.